The molecule has 1 aliphatic rings. The van der Waals surface area contributed by atoms with Crippen molar-refractivity contribution in [2.24, 2.45) is 5.10 Å². The molecule has 2 heterocycles. The average molecular weight is 329 g/mol. The van der Waals surface area contributed by atoms with Gasteiger partial charge in [-0.1, -0.05) is 30.3 Å². The standard InChI is InChI=1S/C16H15N3O5/c1-16(22)12(9-7-5-4-6-8-9)18-19-13(16)10(14(20)23-2)11(17-19)15(21)24-3/h4-8,22H,1-3H3. The molecule has 8 nitrogen and oxygen atoms in total. The molecule has 1 N–H and O–H groups in total. The van der Waals surface area contributed by atoms with E-state index in [0.29, 0.717) is 11.3 Å². The number of hydrogen-bond donors (Lipinski definition) is 1. The molecule has 124 valence electrons. The smallest absolute Gasteiger partial charge is 0.359 e. The summed E-state index contributed by atoms with van der Waals surface area (Å²) in [6.07, 6.45) is 0. The topological polar surface area (TPSA) is 103 Å². The van der Waals surface area contributed by atoms with Gasteiger partial charge in [0.2, 0.25) is 0 Å². The summed E-state index contributed by atoms with van der Waals surface area (Å²) in [6.45, 7) is 1.48. The first-order chi connectivity index (χ1) is 11.4. The molecule has 0 bridgehead atoms. The summed E-state index contributed by atoms with van der Waals surface area (Å²) in [6, 6.07) is 8.99. The molecule has 1 aliphatic heterocycles. The van der Waals surface area contributed by atoms with Crippen molar-refractivity contribution in [3.05, 3.63) is 52.8 Å². The quantitative estimate of drug-likeness (QED) is 0.840. The largest absolute Gasteiger partial charge is 0.465 e. The number of rotatable bonds is 3. The normalized spacial score (nSPS) is 18.8. The number of aliphatic hydroxyl groups is 1. The van der Waals surface area contributed by atoms with Crippen molar-refractivity contribution >= 4 is 17.7 Å². The predicted molar refractivity (Wildman–Crippen MR) is 82.9 cm³/mol. The zero-order chi connectivity index (χ0) is 17.5. The van der Waals surface area contributed by atoms with E-state index in [4.69, 9.17) is 4.74 Å². The van der Waals surface area contributed by atoms with Gasteiger partial charge in [-0.15, -0.1) is 5.10 Å². The van der Waals surface area contributed by atoms with Gasteiger partial charge < -0.3 is 14.6 Å². The highest BCUT2D eigenvalue weighted by Crippen LogP contribution is 2.36. The highest BCUT2D eigenvalue weighted by molar-refractivity contribution is 6.11. The lowest BCUT2D eigenvalue weighted by molar-refractivity contribution is 0.0545. The van der Waals surface area contributed by atoms with Crippen LogP contribution in [0.1, 0.15) is 39.0 Å². The minimum absolute atomic E-state index is 0.0635. The number of ether oxygens (including phenoxy) is 2. The van der Waals surface area contributed by atoms with Gasteiger partial charge in [0.1, 0.15) is 17.0 Å². The monoisotopic (exact) mass is 329 g/mol. The Balaban J connectivity index is 2.22. The first kappa shape index (κ1) is 15.9. The molecule has 0 fully saturated rings. The van der Waals surface area contributed by atoms with Crippen LogP contribution in [0.15, 0.2) is 35.4 Å². The van der Waals surface area contributed by atoms with Crippen LogP contribution < -0.4 is 0 Å². The van der Waals surface area contributed by atoms with Crippen LogP contribution in [0, 0.1) is 0 Å². The van der Waals surface area contributed by atoms with Crippen molar-refractivity contribution in [2.45, 2.75) is 12.5 Å². The highest BCUT2D eigenvalue weighted by atomic mass is 16.5. The van der Waals surface area contributed by atoms with Crippen molar-refractivity contribution < 1.29 is 24.2 Å². The van der Waals surface area contributed by atoms with Crippen LogP contribution in [0.2, 0.25) is 0 Å². The summed E-state index contributed by atoms with van der Waals surface area (Å²) in [5, 5.41) is 19.2. The van der Waals surface area contributed by atoms with E-state index in [1.165, 1.54) is 21.1 Å². The van der Waals surface area contributed by atoms with Crippen molar-refractivity contribution in [2.75, 3.05) is 14.2 Å². The number of aromatic nitrogens is 2. The Morgan fingerprint density at radius 2 is 1.75 bits per heavy atom. The van der Waals surface area contributed by atoms with Gasteiger partial charge in [-0.2, -0.15) is 9.89 Å². The fraction of sp³-hybridized carbons (Fsp3) is 0.250. The van der Waals surface area contributed by atoms with Crippen LogP contribution in [0.5, 0.6) is 0 Å². The molecule has 8 heteroatoms. The molecule has 1 atom stereocenters. The van der Waals surface area contributed by atoms with Crippen molar-refractivity contribution in [1.29, 1.82) is 0 Å². The number of carbonyl (C=O) groups is 2. The average Bonchev–Trinajstić information content (AvgIpc) is 3.09. The maximum atomic E-state index is 12.2. The van der Waals surface area contributed by atoms with E-state index in [2.05, 4.69) is 14.9 Å². The van der Waals surface area contributed by atoms with E-state index in [1.54, 1.807) is 24.3 Å². The lowest BCUT2D eigenvalue weighted by Gasteiger charge is -2.19. The third kappa shape index (κ3) is 2.19. The van der Waals surface area contributed by atoms with Gasteiger partial charge in [0.05, 0.1) is 14.2 Å². The first-order valence-corrected chi connectivity index (χ1v) is 7.09. The zero-order valence-electron chi connectivity index (χ0n) is 13.3. The SMILES string of the molecule is COC(=O)c1nn2c(c1C(=O)OC)C(C)(O)C(c1ccccc1)=N2. The molecule has 2 aromatic rings. The zero-order valence-corrected chi connectivity index (χ0v) is 13.3. The molecule has 3 rings (SSSR count). The maximum absolute atomic E-state index is 12.2. The molecule has 1 aromatic carbocycles. The van der Waals surface area contributed by atoms with Gasteiger partial charge in [0.25, 0.3) is 0 Å². The molecule has 1 aromatic heterocycles. The third-order valence-corrected chi connectivity index (χ3v) is 3.80. The van der Waals surface area contributed by atoms with E-state index < -0.39 is 17.5 Å². The Bertz CT molecular complexity index is 852. The van der Waals surface area contributed by atoms with Gasteiger partial charge in [-0.25, -0.2) is 9.59 Å². The van der Waals surface area contributed by atoms with Gasteiger partial charge in [0.15, 0.2) is 11.3 Å². The summed E-state index contributed by atoms with van der Waals surface area (Å²) in [5.41, 5.74) is -1.01. The molecule has 0 saturated carbocycles. The molecular weight excluding hydrogens is 314 g/mol. The van der Waals surface area contributed by atoms with E-state index in [1.807, 2.05) is 6.07 Å². The lowest BCUT2D eigenvalue weighted by Crippen LogP contribution is -2.32. The summed E-state index contributed by atoms with van der Waals surface area (Å²) in [4.78, 5) is 25.1. The number of nitrogens with zero attached hydrogens (tertiary/aromatic N) is 3. The fourth-order valence-electron chi connectivity index (χ4n) is 2.69. The highest BCUT2D eigenvalue weighted by Gasteiger charge is 2.46. The minimum Gasteiger partial charge on any atom is -0.465 e. The van der Waals surface area contributed by atoms with E-state index >= 15 is 0 Å². The van der Waals surface area contributed by atoms with Crippen LogP contribution in [0.25, 0.3) is 0 Å². The molecule has 24 heavy (non-hydrogen) atoms. The number of hydrogen-bond acceptors (Lipinski definition) is 7. The first-order valence-electron chi connectivity index (χ1n) is 7.09. The van der Waals surface area contributed by atoms with Crippen molar-refractivity contribution in [3.8, 4) is 0 Å². The number of benzene rings is 1. The van der Waals surface area contributed by atoms with E-state index in [0.717, 1.165) is 4.79 Å². The van der Waals surface area contributed by atoms with E-state index in [9.17, 15) is 14.7 Å². The second-order valence-corrected chi connectivity index (χ2v) is 5.33. The van der Waals surface area contributed by atoms with Gasteiger partial charge in [0, 0.05) is 5.56 Å². The van der Waals surface area contributed by atoms with Gasteiger partial charge >= 0.3 is 11.9 Å². The summed E-state index contributed by atoms with van der Waals surface area (Å²) in [7, 11) is 2.35. The second-order valence-electron chi connectivity index (χ2n) is 5.33. The van der Waals surface area contributed by atoms with Gasteiger partial charge in [-0.3, -0.25) is 0 Å². The number of fused-ring (bicyclic) bond motifs is 1. The molecular formula is C16H15N3O5. The minimum atomic E-state index is -1.63. The summed E-state index contributed by atoms with van der Waals surface area (Å²) >= 11 is 0. The lowest BCUT2D eigenvalue weighted by atomic mass is 9.89. The van der Waals surface area contributed by atoms with Crippen molar-refractivity contribution in [1.82, 2.24) is 9.89 Å². The van der Waals surface area contributed by atoms with Crippen molar-refractivity contribution in [3.63, 3.8) is 0 Å². The Morgan fingerprint density at radius 1 is 1.12 bits per heavy atom. The van der Waals surface area contributed by atoms with Crippen LogP contribution in [-0.4, -0.2) is 46.9 Å². The number of methoxy groups -OCH3 is 2. The Morgan fingerprint density at radius 3 is 2.33 bits per heavy atom. The molecule has 0 radical (unpaired) electrons. The Hall–Kier alpha value is -3.00. The predicted octanol–water partition coefficient (Wildman–Crippen LogP) is 0.930. The van der Waals surface area contributed by atoms with Crippen LogP contribution in [0.4, 0.5) is 0 Å². The Labute approximate surface area is 137 Å². The maximum Gasteiger partial charge on any atom is 0.359 e. The second kappa shape index (κ2) is 5.57. The Kier molecular flexibility index (Phi) is 3.69. The van der Waals surface area contributed by atoms with E-state index in [-0.39, 0.29) is 17.0 Å². The van der Waals surface area contributed by atoms with Crippen LogP contribution >= 0.6 is 0 Å². The van der Waals surface area contributed by atoms with Gasteiger partial charge in [-0.05, 0) is 6.92 Å². The third-order valence-electron chi connectivity index (χ3n) is 3.80. The molecule has 0 amide bonds. The number of carbonyl (C=O) groups excluding carboxylic acids is 2. The van der Waals surface area contributed by atoms with Crippen LogP contribution in [-0.2, 0) is 15.1 Å². The number of esters is 2. The summed E-state index contributed by atoms with van der Waals surface area (Å²) in [5.74, 6) is -1.62. The molecule has 0 aliphatic carbocycles. The molecule has 0 saturated heterocycles. The van der Waals surface area contributed by atoms with Crippen LogP contribution in [0.3, 0.4) is 0 Å². The summed E-state index contributed by atoms with van der Waals surface area (Å²) < 4.78 is 9.36. The molecule has 1 unspecified atom stereocenters. The fourth-order valence-corrected chi connectivity index (χ4v) is 2.69. The molecule has 0 spiro atoms.